The SMILES string of the molecule is CC(C)OCCNC(=O)C[C@H]1C(=O)NCCN1Cc1ccccc1F. The molecule has 1 aliphatic heterocycles. The van der Waals surface area contributed by atoms with Gasteiger partial charge in [0.2, 0.25) is 11.8 Å². The Labute approximate surface area is 147 Å². The molecule has 0 unspecified atom stereocenters. The molecular weight excluding hydrogens is 325 g/mol. The Morgan fingerprint density at radius 3 is 2.92 bits per heavy atom. The highest BCUT2D eigenvalue weighted by Gasteiger charge is 2.31. The number of hydrogen-bond acceptors (Lipinski definition) is 4. The van der Waals surface area contributed by atoms with Gasteiger partial charge in [-0.1, -0.05) is 18.2 Å². The molecule has 0 saturated carbocycles. The molecule has 1 heterocycles. The summed E-state index contributed by atoms with van der Waals surface area (Å²) < 4.78 is 19.3. The van der Waals surface area contributed by atoms with E-state index in [-0.39, 0.29) is 30.2 Å². The molecule has 1 saturated heterocycles. The van der Waals surface area contributed by atoms with Crippen LogP contribution in [0.15, 0.2) is 24.3 Å². The molecule has 6 nitrogen and oxygen atoms in total. The predicted molar refractivity (Wildman–Crippen MR) is 92.3 cm³/mol. The largest absolute Gasteiger partial charge is 0.377 e. The Balaban J connectivity index is 1.91. The number of hydrogen-bond donors (Lipinski definition) is 2. The Bertz CT molecular complexity index is 595. The normalized spacial score (nSPS) is 18.2. The Morgan fingerprint density at radius 2 is 2.20 bits per heavy atom. The van der Waals surface area contributed by atoms with Crippen LogP contribution in [0.25, 0.3) is 0 Å². The molecule has 2 N–H and O–H groups in total. The summed E-state index contributed by atoms with van der Waals surface area (Å²) in [4.78, 5) is 26.2. The van der Waals surface area contributed by atoms with Crippen molar-refractivity contribution in [2.24, 2.45) is 0 Å². The molecule has 1 atom stereocenters. The maximum Gasteiger partial charge on any atom is 0.237 e. The molecule has 0 aromatic heterocycles. The van der Waals surface area contributed by atoms with E-state index in [0.717, 1.165) is 0 Å². The van der Waals surface area contributed by atoms with E-state index in [2.05, 4.69) is 10.6 Å². The lowest BCUT2D eigenvalue weighted by Gasteiger charge is -2.34. The number of carbonyl (C=O) groups is 2. The van der Waals surface area contributed by atoms with Crippen LogP contribution < -0.4 is 10.6 Å². The fourth-order valence-electron chi connectivity index (χ4n) is 2.75. The monoisotopic (exact) mass is 351 g/mol. The zero-order valence-corrected chi connectivity index (χ0v) is 14.8. The Hall–Kier alpha value is -1.99. The van der Waals surface area contributed by atoms with Gasteiger partial charge in [-0.25, -0.2) is 4.39 Å². The third kappa shape index (κ3) is 6.10. The summed E-state index contributed by atoms with van der Waals surface area (Å²) in [5.41, 5.74) is 0.521. The minimum Gasteiger partial charge on any atom is -0.377 e. The Morgan fingerprint density at radius 1 is 1.44 bits per heavy atom. The summed E-state index contributed by atoms with van der Waals surface area (Å²) >= 11 is 0. The summed E-state index contributed by atoms with van der Waals surface area (Å²) in [5, 5.41) is 5.53. The fourth-order valence-corrected chi connectivity index (χ4v) is 2.75. The standard InChI is InChI=1S/C18H26FN3O3/c1-13(2)25-10-8-20-17(23)11-16-18(24)21-7-9-22(16)12-14-5-3-4-6-15(14)19/h3-6,13,16H,7-12H2,1-2H3,(H,20,23)(H,21,24)/t16-/m0/s1. The van der Waals surface area contributed by atoms with Gasteiger partial charge in [0.05, 0.1) is 25.2 Å². The first kappa shape index (κ1) is 19.3. The van der Waals surface area contributed by atoms with Gasteiger partial charge in [0, 0.05) is 31.7 Å². The van der Waals surface area contributed by atoms with Crippen molar-refractivity contribution in [3.05, 3.63) is 35.6 Å². The number of benzene rings is 1. The molecule has 25 heavy (non-hydrogen) atoms. The van der Waals surface area contributed by atoms with E-state index < -0.39 is 6.04 Å². The number of piperazine rings is 1. The predicted octanol–water partition coefficient (Wildman–Crippen LogP) is 1.06. The third-order valence-electron chi connectivity index (χ3n) is 4.03. The van der Waals surface area contributed by atoms with Crippen LogP contribution in [-0.2, 0) is 20.9 Å². The van der Waals surface area contributed by atoms with Crippen molar-refractivity contribution in [2.75, 3.05) is 26.2 Å². The molecule has 0 radical (unpaired) electrons. The van der Waals surface area contributed by atoms with Crippen molar-refractivity contribution in [3.8, 4) is 0 Å². The van der Waals surface area contributed by atoms with Gasteiger partial charge < -0.3 is 15.4 Å². The first-order valence-corrected chi connectivity index (χ1v) is 8.61. The zero-order chi connectivity index (χ0) is 18.2. The van der Waals surface area contributed by atoms with E-state index in [4.69, 9.17) is 4.74 Å². The molecule has 1 aliphatic rings. The molecule has 0 aliphatic carbocycles. The van der Waals surface area contributed by atoms with Gasteiger partial charge >= 0.3 is 0 Å². The number of nitrogens with zero attached hydrogens (tertiary/aromatic N) is 1. The summed E-state index contributed by atoms with van der Waals surface area (Å²) in [6.07, 6.45) is 0.152. The summed E-state index contributed by atoms with van der Waals surface area (Å²) in [7, 11) is 0. The molecule has 1 aromatic rings. The van der Waals surface area contributed by atoms with E-state index in [1.54, 1.807) is 18.2 Å². The minimum absolute atomic E-state index is 0.0436. The van der Waals surface area contributed by atoms with Crippen LogP contribution in [0.2, 0.25) is 0 Å². The molecule has 0 bridgehead atoms. The maximum absolute atomic E-state index is 13.9. The lowest BCUT2D eigenvalue weighted by molar-refractivity contribution is -0.134. The molecule has 1 fully saturated rings. The van der Waals surface area contributed by atoms with Crippen molar-refractivity contribution in [1.82, 2.24) is 15.5 Å². The third-order valence-corrected chi connectivity index (χ3v) is 4.03. The summed E-state index contributed by atoms with van der Waals surface area (Å²) in [6.45, 7) is 6.05. The second kappa shape index (κ2) is 9.48. The fraction of sp³-hybridized carbons (Fsp3) is 0.556. The van der Waals surface area contributed by atoms with Crippen LogP contribution in [0.1, 0.15) is 25.8 Å². The zero-order valence-electron chi connectivity index (χ0n) is 14.8. The molecule has 0 spiro atoms. The molecule has 2 amide bonds. The van der Waals surface area contributed by atoms with Gasteiger partial charge in [-0.05, 0) is 19.9 Å². The van der Waals surface area contributed by atoms with Crippen LogP contribution in [0.3, 0.4) is 0 Å². The number of ether oxygens (including phenoxy) is 1. The van der Waals surface area contributed by atoms with Crippen molar-refractivity contribution >= 4 is 11.8 Å². The summed E-state index contributed by atoms with van der Waals surface area (Å²) in [5.74, 6) is -0.716. The smallest absolute Gasteiger partial charge is 0.237 e. The van der Waals surface area contributed by atoms with Crippen molar-refractivity contribution in [1.29, 1.82) is 0 Å². The van der Waals surface area contributed by atoms with Gasteiger partial charge in [0.25, 0.3) is 0 Å². The van der Waals surface area contributed by atoms with Crippen LogP contribution in [0.5, 0.6) is 0 Å². The second-order valence-corrected chi connectivity index (χ2v) is 6.34. The lowest BCUT2D eigenvalue weighted by atomic mass is 10.1. The lowest BCUT2D eigenvalue weighted by Crippen LogP contribution is -2.56. The maximum atomic E-state index is 13.9. The van der Waals surface area contributed by atoms with Gasteiger partial charge in [-0.2, -0.15) is 0 Å². The Kier molecular flexibility index (Phi) is 7.33. The second-order valence-electron chi connectivity index (χ2n) is 6.34. The molecular formula is C18H26FN3O3. The molecule has 1 aromatic carbocycles. The van der Waals surface area contributed by atoms with Crippen LogP contribution >= 0.6 is 0 Å². The number of nitrogens with one attached hydrogen (secondary N) is 2. The summed E-state index contributed by atoms with van der Waals surface area (Å²) in [6, 6.07) is 5.89. The number of amides is 2. The highest BCUT2D eigenvalue weighted by atomic mass is 19.1. The van der Waals surface area contributed by atoms with E-state index in [0.29, 0.717) is 38.3 Å². The quantitative estimate of drug-likeness (QED) is 0.687. The van der Waals surface area contributed by atoms with Crippen molar-refractivity contribution in [2.45, 2.75) is 39.0 Å². The first-order valence-electron chi connectivity index (χ1n) is 8.61. The number of rotatable bonds is 8. The van der Waals surface area contributed by atoms with Gasteiger partial charge in [-0.15, -0.1) is 0 Å². The number of carbonyl (C=O) groups excluding carboxylic acids is 2. The molecule has 2 rings (SSSR count). The minimum atomic E-state index is -0.598. The van der Waals surface area contributed by atoms with Crippen LogP contribution in [-0.4, -0.2) is 55.1 Å². The van der Waals surface area contributed by atoms with E-state index >= 15 is 0 Å². The van der Waals surface area contributed by atoms with Gasteiger partial charge in [0.15, 0.2) is 0 Å². The van der Waals surface area contributed by atoms with Crippen molar-refractivity contribution < 1.29 is 18.7 Å². The number of halogens is 1. The first-order chi connectivity index (χ1) is 12.0. The highest BCUT2D eigenvalue weighted by Crippen LogP contribution is 2.16. The van der Waals surface area contributed by atoms with Crippen molar-refractivity contribution in [3.63, 3.8) is 0 Å². The van der Waals surface area contributed by atoms with E-state index in [1.165, 1.54) is 6.07 Å². The topological polar surface area (TPSA) is 70.7 Å². The van der Waals surface area contributed by atoms with Crippen LogP contribution in [0.4, 0.5) is 4.39 Å². The van der Waals surface area contributed by atoms with Crippen LogP contribution in [0, 0.1) is 5.82 Å². The van der Waals surface area contributed by atoms with E-state index in [9.17, 15) is 14.0 Å². The average molecular weight is 351 g/mol. The van der Waals surface area contributed by atoms with Gasteiger partial charge in [-0.3, -0.25) is 14.5 Å². The van der Waals surface area contributed by atoms with Gasteiger partial charge in [0.1, 0.15) is 5.82 Å². The van der Waals surface area contributed by atoms with E-state index in [1.807, 2.05) is 18.7 Å². The average Bonchev–Trinajstić information content (AvgIpc) is 2.56. The molecule has 7 heteroatoms. The highest BCUT2D eigenvalue weighted by molar-refractivity contribution is 5.88. The molecule has 138 valence electrons.